The third-order valence-electron chi connectivity index (χ3n) is 4.25. The highest BCUT2D eigenvalue weighted by atomic mass is 16.3. The highest BCUT2D eigenvalue weighted by Crippen LogP contribution is 2.25. The third kappa shape index (κ3) is 3.63. The predicted molar refractivity (Wildman–Crippen MR) is 89.9 cm³/mol. The van der Waals surface area contributed by atoms with Gasteiger partial charge in [0.1, 0.15) is 0 Å². The molecule has 3 atom stereocenters. The summed E-state index contributed by atoms with van der Waals surface area (Å²) >= 11 is 0. The molecule has 2 aromatic carbocycles. The summed E-state index contributed by atoms with van der Waals surface area (Å²) in [5, 5.41) is 16.0. The first-order valence-electron chi connectivity index (χ1n) is 8.03. The molecule has 1 saturated heterocycles. The van der Waals surface area contributed by atoms with Crippen LogP contribution in [0.2, 0.25) is 0 Å². The van der Waals surface area contributed by atoms with E-state index in [1.165, 1.54) is 0 Å². The Hall–Kier alpha value is -2.66. The molecular formula is C19H20N2O3. The molecule has 3 rings (SSSR count). The number of nitrogens with one attached hydrogen (secondary N) is 2. The summed E-state index contributed by atoms with van der Waals surface area (Å²) in [6, 6.07) is 17.8. The van der Waals surface area contributed by atoms with Crippen molar-refractivity contribution in [2.75, 3.05) is 0 Å². The van der Waals surface area contributed by atoms with E-state index in [2.05, 4.69) is 10.6 Å². The van der Waals surface area contributed by atoms with Crippen molar-refractivity contribution in [1.82, 2.24) is 10.6 Å². The van der Waals surface area contributed by atoms with E-state index in [0.29, 0.717) is 18.4 Å². The number of hydrogen-bond acceptors (Lipinski definition) is 3. The third-order valence-corrected chi connectivity index (χ3v) is 4.25. The van der Waals surface area contributed by atoms with E-state index in [1.54, 1.807) is 24.3 Å². The Morgan fingerprint density at radius 2 is 1.71 bits per heavy atom. The Labute approximate surface area is 140 Å². The molecule has 24 heavy (non-hydrogen) atoms. The second kappa shape index (κ2) is 7.27. The van der Waals surface area contributed by atoms with Crippen LogP contribution in [0, 0.1) is 0 Å². The lowest BCUT2D eigenvalue weighted by Gasteiger charge is -2.33. The van der Waals surface area contributed by atoms with Gasteiger partial charge in [0.2, 0.25) is 5.91 Å². The molecule has 0 unspecified atom stereocenters. The van der Waals surface area contributed by atoms with Crippen LogP contribution in [-0.4, -0.2) is 23.0 Å². The number of hydrogen-bond donors (Lipinski definition) is 3. The molecule has 0 bridgehead atoms. The van der Waals surface area contributed by atoms with Crippen molar-refractivity contribution in [3.05, 3.63) is 71.8 Å². The minimum atomic E-state index is -1.22. The first-order valence-corrected chi connectivity index (χ1v) is 8.03. The van der Waals surface area contributed by atoms with Crippen LogP contribution in [0.3, 0.4) is 0 Å². The molecule has 1 heterocycles. The smallest absolute Gasteiger partial charge is 0.253 e. The van der Waals surface area contributed by atoms with Crippen LogP contribution in [0.15, 0.2) is 60.7 Å². The average Bonchev–Trinajstić information content (AvgIpc) is 2.64. The summed E-state index contributed by atoms with van der Waals surface area (Å²) in [6.45, 7) is 0. The maximum Gasteiger partial charge on any atom is 0.253 e. The zero-order valence-electron chi connectivity index (χ0n) is 13.2. The molecule has 0 aliphatic carbocycles. The topological polar surface area (TPSA) is 78.4 Å². The van der Waals surface area contributed by atoms with Gasteiger partial charge in [-0.05, 0) is 17.5 Å². The van der Waals surface area contributed by atoms with Crippen molar-refractivity contribution >= 4 is 11.8 Å². The van der Waals surface area contributed by atoms with Crippen LogP contribution < -0.4 is 10.6 Å². The number of aliphatic hydroxyl groups is 1. The van der Waals surface area contributed by atoms with Crippen LogP contribution in [-0.2, 0) is 9.59 Å². The van der Waals surface area contributed by atoms with Gasteiger partial charge in [-0.3, -0.25) is 9.59 Å². The van der Waals surface area contributed by atoms with Crippen molar-refractivity contribution in [3.63, 3.8) is 0 Å². The lowest BCUT2D eigenvalue weighted by Crippen LogP contribution is -2.51. The molecule has 1 fully saturated rings. The molecule has 0 saturated carbocycles. The molecule has 2 aromatic rings. The monoisotopic (exact) mass is 324 g/mol. The van der Waals surface area contributed by atoms with Crippen LogP contribution in [0.5, 0.6) is 0 Å². The first kappa shape index (κ1) is 16.2. The minimum Gasteiger partial charge on any atom is -0.378 e. The van der Waals surface area contributed by atoms with E-state index in [0.717, 1.165) is 5.56 Å². The molecule has 5 heteroatoms. The van der Waals surface area contributed by atoms with Gasteiger partial charge in [0.15, 0.2) is 6.10 Å². The molecular weight excluding hydrogens is 304 g/mol. The number of benzene rings is 2. The highest BCUT2D eigenvalue weighted by Gasteiger charge is 2.32. The van der Waals surface area contributed by atoms with Crippen LogP contribution in [0.4, 0.5) is 0 Å². The number of carbonyl (C=O) groups is 2. The van der Waals surface area contributed by atoms with E-state index < -0.39 is 12.0 Å². The Kier molecular flexibility index (Phi) is 4.91. The summed E-state index contributed by atoms with van der Waals surface area (Å²) < 4.78 is 0. The number of aliphatic hydroxyl groups excluding tert-OH is 1. The molecule has 2 amide bonds. The quantitative estimate of drug-likeness (QED) is 0.803. The van der Waals surface area contributed by atoms with Crippen molar-refractivity contribution in [1.29, 1.82) is 0 Å². The molecule has 0 radical (unpaired) electrons. The van der Waals surface area contributed by atoms with Crippen molar-refractivity contribution in [2.24, 2.45) is 0 Å². The van der Waals surface area contributed by atoms with Gasteiger partial charge < -0.3 is 15.7 Å². The summed E-state index contributed by atoms with van der Waals surface area (Å²) in [4.78, 5) is 24.2. The second-order valence-corrected chi connectivity index (χ2v) is 5.92. The molecule has 1 aliphatic rings. The fourth-order valence-corrected chi connectivity index (χ4v) is 2.98. The van der Waals surface area contributed by atoms with Gasteiger partial charge >= 0.3 is 0 Å². The number of piperidine rings is 1. The summed E-state index contributed by atoms with van der Waals surface area (Å²) in [7, 11) is 0. The Bertz CT molecular complexity index is 703. The van der Waals surface area contributed by atoms with E-state index in [1.807, 2.05) is 36.4 Å². The van der Waals surface area contributed by atoms with Gasteiger partial charge in [-0.15, -0.1) is 0 Å². The Balaban J connectivity index is 1.74. The van der Waals surface area contributed by atoms with Crippen LogP contribution in [0.25, 0.3) is 0 Å². The molecule has 3 N–H and O–H groups in total. The van der Waals surface area contributed by atoms with Gasteiger partial charge in [-0.1, -0.05) is 60.7 Å². The fraction of sp³-hybridized carbons (Fsp3) is 0.263. The SMILES string of the molecule is O=C1CC[C@@H](NC(=O)[C@@H](O)c2ccccc2)[C@H](c2ccccc2)N1. The van der Waals surface area contributed by atoms with Gasteiger partial charge in [-0.25, -0.2) is 0 Å². The van der Waals surface area contributed by atoms with Crippen molar-refractivity contribution in [3.8, 4) is 0 Å². The fourth-order valence-electron chi connectivity index (χ4n) is 2.98. The first-order chi connectivity index (χ1) is 11.6. The molecule has 124 valence electrons. The molecule has 0 spiro atoms. The van der Waals surface area contributed by atoms with Crippen molar-refractivity contribution < 1.29 is 14.7 Å². The zero-order chi connectivity index (χ0) is 16.9. The van der Waals surface area contributed by atoms with Gasteiger partial charge in [0, 0.05) is 6.42 Å². The lowest BCUT2D eigenvalue weighted by molar-refractivity contribution is -0.132. The largest absolute Gasteiger partial charge is 0.378 e. The predicted octanol–water partition coefficient (Wildman–Crippen LogP) is 1.86. The van der Waals surface area contributed by atoms with E-state index in [9.17, 15) is 14.7 Å². The van der Waals surface area contributed by atoms with Crippen molar-refractivity contribution in [2.45, 2.75) is 31.0 Å². The maximum absolute atomic E-state index is 12.4. The highest BCUT2D eigenvalue weighted by molar-refractivity contribution is 5.83. The average molecular weight is 324 g/mol. The van der Waals surface area contributed by atoms with Crippen LogP contribution in [0.1, 0.15) is 36.1 Å². The van der Waals surface area contributed by atoms with Gasteiger partial charge in [0.25, 0.3) is 5.91 Å². The number of carbonyl (C=O) groups excluding carboxylic acids is 2. The van der Waals surface area contributed by atoms with E-state index in [4.69, 9.17) is 0 Å². The summed E-state index contributed by atoms with van der Waals surface area (Å²) in [5.74, 6) is -0.485. The van der Waals surface area contributed by atoms with Gasteiger partial charge in [-0.2, -0.15) is 0 Å². The second-order valence-electron chi connectivity index (χ2n) is 5.92. The molecule has 1 aliphatic heterocycles. The summed E-state index contributed by atoms with van der Waals surface area (Å²) in [5.41, 5.74) is 1.48. The summed E-state index contributed by atoms with van der Waals surface area (Å²) in [6.07, 6.45) is -0.325. The number of amides is 2. The van der Waals surface area contributed by atoms with Crippen LogP contribution >= 0.6 is 0 Å². The number of rotatable bonds is 4. The van der Waals surface area contributed by atoms with E-state index >= 15 is 0 Å². The Morgan fingerprint density at radius 3 is 2.38 bits per heavy atom. The maximum atomic E-state index is 12.4. The lowest BCUT2D eigenvalue weighted by atomic mass is 9.91. The Morgan fingerprint density at radius 1 is 1.08 bits per heavy atom. The van der Waals surface area contributed by atoms with E-state index in [-0.39, 0.29) is 18.0 Å². The normalized spacial score (nSPS) is 21.6. The molecule has 5 nitrogen and oxygen atoms in total. The standard InChI is InChI=1S/C19H20N2O3/c22-16-12-11-15(17(21-16)13-7-3-1-4-8-13)20-19(24)18(23)14-9-5-2-6-10-14/h1-10,15,17-18,23H,11-12H2,(H,20,24)(H,21,22)/t15-,17+,18+/m1/s1. The zero-order valence-corrected chi connectivity index (χ0v) is 13.2. The minimum absolute atomic E-state index is 0.0297. The van der Waals surface area contributed by atoms with Gasteiger partial charge in [0.05, 0.1) is 12.1 Å². The molecule has 0 aromatic heterocycles.